The first kappa shape index (κ1) is 16.8. The topological polar surface area (TPSA) is 67.4 Å². The maximum atomic E-state index is 12.0. The summed E-state index contributed by atoms with van der Waals surface area (Å²) in [6, 6.07) is -0.172. The first-order valence-electron chi connectivity index (χ1n) is 6.05. The largest absolute Gasteiger partial charge is 0.383 e. The van der Waals surface area contributed by atoms with Crippen molar-refractivity contribution in [3.8, 4) is 0 Å². The molecule has 0 saturated heterocycles. The number of hydrogen-bond donors (Lipinski definition) is 2. The second-order valence-electron chi connectivity index (χ2n) is 4.59. The van der Waals surface area contributed by atoms with Crippen LogP contribution in [0.15, 0.2) is 0 Å². The molecule has 6 heteroatoms. The van der Waals surface area contributed by atoms with Gasteiger partial charge in [-0.1, -0.05) is 20.8 Å². The molecular formula is C11H26N2O3S. The highest BCUT2D eigenvalue weighted by Crippen LogP contribution is 2.06. The zero-order valence-electron chi connectivity index (χ0n) is 11.5. The zero-order chi connectivity index (χ0) is 13.5. The van der Waals surface area contributed by atoms with Gasteiger partial charge in [0, 0.05) is 19.7 Å². The summed E-state index contributed by atoms with van der Waals surface area (Å²) in [6.45, 7) is 9.23. The van der Waals surface area contributed by atoms with Crippen LogP contribution in [0.4, 0.5) is 0 Å². The average Bonchev–Trinajstić information content (AvgIpc) is 2.24. The normalized spacial score (nSPS) is 16.1. The molecule has 104 valence electrons. The Bertz CT molecular complexity index is 291. The minimum absolute atomic E-state index is 0.172. The van der Waals surface area contributed by atoms with Gasteiger partial charge in [-0.25, -0.2) is 13.1 Å². The van der Waals surface area contributed by atoms with Crippen molar-refractivity contribution < 1.29 is 13.2 Å². The Labute approximate surface area is 105 Å². The van der Waals surface area contributed by atoms with Gasteiger partial charge in [-0.05, 0) is 19.4 Å². The van der Waals surface area contributed by atoms with E-state index in [0.29, 0.717) is 13.2 Å². The summed E-state index contributed by atoms with van der Waals surface area (Å²) in [5.74, 6) is 0.205. The number of ether oxygens (including phenoxy) is 1. The Morgan fingerprint density at radius 2 is 1.82 bits per heavy atom. The van der Waals surface area contributed by atoms with Crippen molar-refractivity contribution in [3.05, 3.63) is 0 Å². The molecule has 17 heavy (non-hydrogen) atoms. The van der Waals surface area contributed by atoms with Gasteiger partial charge in [0.1, 0.15) is 0 Å². The van der Waals surface area contributed by atoms with Crippen molar-refractivity contribution in [1.82, 2.24) is 10.0 Å². The molecule has 5 nitrogen and oxygen atoms in total. The lowest BCUT2D eigenvalue weighted by molar-refractivity contribution is 0.157. The number of rotatable bonds is 9. The third-order valence-electron chi connectivity index (χ3n) is 2.68. The number of sulfonamides is 1. The maximum Gasteiger partial charge on any atom is 0.215 e. The Hall–Kier alpha value is -0.170. The molecule has 0 aliphatic carbocycles. The number of hydrogen-bond acceptors (Lipinski definition) is 4. The van der Waals surface area contributed by atoms with Gasteiger partial charge in [0.25, 0.3) is 0 Å². The van der Waals surface area contributed by atoms with E-state index < -0.39 is 15.3 Å². The molecule has 0 aliphatic rings. The fourth-order valence-electron chi connectivity index (χ4n) is 1.33. The molecule has 0 aliphatic heterocycles. The number of nitrogens with one attached hydrogen (secondary N) is 2. The van der Waals surface area contributed by atoms with Crippen molar-refractivity contribution in [1.29, 1.82) is 0 Å². The van der Waals surface area contributed by atoms with Crippen molar-refractivity contribution in [2.75, 3.05) is 26.8 Å². The molecule has 0 bridgehead atoms. The van der Waals surface area contributed by atoms with Crippen LogP contribution in [0.25, 0.3) is 0 Å². The van der Waals surface area contributed by atoms with Crippen LogP contribution in [-0.4, -0.2) is 46.5 Å². The lowest BCUT2D eigenvalue weighted by Gasteiger charge is -2.23. The second-order valence-corrected chi connectivity index (χ2v) is 6.72. The van der Waals surface area contributed by atoms with Crippen molar-refractivity contribution in [3.63, 3.8) is 0 Å². The maximum absolute atomic E-state index is 12.0. The molecule has 2 N–H and O–H groups in total. The quantitative estimate of drug-likeness (QED) is 0.640. The van der Waals surface area contributed by atoms with Crippen LogP contribution in [0.1, 0.15) is 27.7 Å². The zero-order valence-corrected chi connectivity index (χ0v) is 12.3. The summed E-state index contributed by atoms with van der Waals surface area (Å²) in [6.07, 6.45) is 0. The highest BCUT2D eigenvalue weighted by Gasteiger charge is 2.25. The molecule has 0 fully saturated rings. The molecule has 2 unspecified atom stereocenters. The lowest BCUT2D eigenvalue weighted by atomic mass is 10.1. The predicted molar refractivity (Wildman–Crippen MR) is 70.6 cm³/mol. The molecule has 0 aromatic rings. The minimum atomic E-state index is -3.29. The SMILES string of the molecule is CCNCC(C)S(=O)(=O)NC(COC)C(C)C. The fraction of sp³-hybridized carbons (Fsp3) is 1.00. The average molecular weight is 266 g/mol. The van der Waals surface area contributed by atoms with Gasteiger partial charge < -0.3 is 10.1 Å². The molecule has 0 rings (SSSR count). The van der Waals surface area contributed by atoms with Crippen LogP contribution in [0.3, 0.4) is 0 Å². The molecular weight excluding hydrogens is 240 g/mol. The Morgan fingerprint density at radius 1 is 1.24 bits per heavy atom. The summed E-state index contributed by atoms with van der Waals surface area (Å²) >= 11 is 0. The molecule has 0 radical (unpaired) electrons. The van der Waals surface area contributed by atoms with Gasteiger partial charge in [-0.3, -0.25) is 0 Å². The van der Waals surface area contributed by atoms with Crippen LogP contribution >= 0.6 is 0 Å². The smallest absolute Gasteiger partial charge is 0.215 e. The van der Waals surface area contributed by atoms with Gasteiger partial charge >= 0.3 is 0 Å². The van der Waals surface area contributed by atoms with Crippen LogP contribution in [0.5, 0.6) is 0 Å². The highest BCUT2D eigenvalue weighted by molar-refractivity contribution is 7.90. The van der Waals surface area contributed by atoms with E-state index in [1.54, 1.807) is 14.0 Å². The van der Waals surface area contributed by atoms with E-state index in [1.165, 1.54) is 0 Å². The van der Waals surface area contributed by atoms with Gasteiger partial charge in [0.15, 0.2) is 0 Å². The van der Waals surface area contributed by atoms with E-state index in [1.807, 2.05) is 20.8 Å². The Morgan fingerprint density at radius 3 is 2.24 bits per heavy atom. The summed E-state index contributed by atoms with van der Waals surface area (Å²) in [5, 5.41) is 2.59. The first-order chi connectivity index (χ1) is 7.85. The molecule has 0 saturated carbocycles. The van der Waals surface area contributed by atoms with Crippen LogP contribution in [0, 0.1) is 5.92 Å². The van der Waals surface area contributed by atoms with E-state index >= 15 is 0 Å². The summed E-state index contributed by atoms with van der Waals surface area (Å²) in [5.41, 5.74) is 0. The summed E-state index contributed by atoms with van der Waals surface area (Å²) in [4.78, 5) is 0. The molecule has 0 aromatic heterocycles. The van der Waals surface area contributed by atoms with Crippen LogP contribution < -0.4 is 10.0 Å². The van der Waals surface area contributed by atoms with E-state index in [-0.39, 0.29) is 12.0 Å². The van der Waals surface area contributed by atoms with E-state index in [9.17, 15) is 8.42 Å². The van der Waals surface area contributed by atoms with Crippen molar-refractivity contribution in [2.45, 2.75) is 39.0 Å². The molecule has 0 spiro atoms. The molecule has 0 heterocycles. The third-order valence-corrected chi connectivity index (χ3v) is 4.54. The second kappa shape index (κ2) is 8.02. The van der Waals surface area contributed by atoms with Gasteiger partial charge in [0.05, 0.1) is 11.9 Å². The molecule has 0 amide bonds. The Kier molecular flexibility index (Phi) is 7.94. The summed E-state index contributed by atoms with van der Waals surface area (Å²) in [7, 11) is -1.72. The fourth-order valence-corrected chi connectivity index (χ4v) is 2.66. The molecule has 0 aromatic carbocycles. The molecule has 2 atom stereocenters. The third kappa shape index (κ3) is 6.35. The number of methoxy groups -OCH3 is 1. The van der Waals surface area contributed by atoms with Crippen LogP contribution in [0.2, 0.25) is 0 Å². The monoisotopic (exact) mass is 266 g/mol. The van der Waals surface area contributed by atoms with E-state index in [2.05, 4.69) is 10.0 Å². The predicted octanol–water partition coefficient (Wildman–Crippen LogP) is 0.575. The van der Waals surface area contributed by atoms with Gasteiger partial charge in [-0.2, -0.15) is 0 Å². The highest BCUT2D eigenvalue weighted by atomic mass is 32.2. The van der Waals surface area contributed by atoms with Gasteiger partial charge in [-0.15, -0.1) is 0 Å². The van der Waals surface area contributed by atoms with Crippen molar-refractivity contribution in [2.24, 2.45) is 5.92 Å². The Balaban J connectivity index is 4.48. The standard InChI is InChI=1S/C11H26N2O3S/c1-6-12-7-10(4)17(14,15)13-11(8-16-5)9(2)3/h9-13H,6-8H2,1-5H3. The van der Waals surface area contributed by atoms with Gasteiger partial charge in [0.2, 0.25) is 10.0 Å². The first-order valence-corrected chi connectivity index (χ1v) is 7.60. The summed E-state index contributed by atoms with van der Waals surface area (Å²) < 4.78 is 31.8. The van der Waals surface area contributed by atoms with Crippen molar-refractivity contribution >= 4 is 10.0 Å². The minimum Gasteiger partial charge on any atom is -0.383 e. The van der Waals surface area contributed by atoms with E-state index in [4.69, 9.17) is 4.74 Å². The van der Waals surface area contributed by atoms with E-state index in [0.717, 1.165) is 6.54 Å². The van der Waals surface area contributed by atoms with Crippen LogP contribution in [-0.2, 0) is 14.8 Å². The lowest BCUT2D eigenvalue weighted by Crippen LogP contribution is -2.47.